The molecule has 1 rings (SSSR count). The number of benzene rings is 1. The zero-order valence-corrected chi connectivity index (χ0v) is 7.11. The summed E-state index contributed by atoms with van der Waals surface area (Å²) >= 11 is 0. The third-order valence-corrected chi connectivity index (χ3v) is 1.95. The van der Waals surface area contributed by atoms with Crippen LogP contribution in [0.25, 0.3) is 0 Å². The van der Waals surface area contributed by atoms with Crippen molar-refractivity contribution < 1.29 is 4.39 Å². The van der Waals surface area contributed by atoms with Crippen LogP contribution in [-0.4, -0.2) is 6.15 Å². The summed E-state index contributed by atoms with van der Waals surface area (Å²) in [6.45, 7) is 0. The predicted octanol–water partition coefficient (Wildman–Crippen LogP) is 0.670. The smallest absolute Gasteiger partial charge is 0.246 e. The van der Waals surface area contributed by atoms with E-state index in [9.17, 15) is 4.39 Å². The van der Waals surface area contributed by atoms with Crippen molar-refractivity contribution in [2.75, 3.05) is 0 Å². The largest absolute Gasteiger partial charge is 0.322 e. The second-order valence-electron chi connectivity index (χ2n) is 2.80. The molecule has 0 saturated carbocycles. The molecule has 0 radical (unpaired) electrons. The molecule has 0 N–H and O–H groups in total. The molecule has 0 heterocycles. The number of nitrogens with zero attached hydrogens (tertiary/aromatic N) is 3. The molecular formula is C9H4BFN3-. The number of rotatable bonds is 1. The molecule has 0 bridgehead atoms. The van der Waals surface area contributed by atoms with Gasteiger partial charge in [0.25, 0.3) is 0 Å². The highest BCUT2D eigenvalue weighted by molar-refractivity contribution is 7.09. The Labute approximate surface area is 80.5 Å². The van der Waals surface area contributed by atoms with E-state index < -0.39 is 12.0 Å². The first-order valence-electron chi connectivity index (χ1n) is 3.84. The molecule has 5 heteroatoms. The van der Waals surface area contributed by atoms with Gasteiger partial charge in [-0.15, -0.1) is 17.9 Å². The molecule has 0 atom stereocenters. The van der Waals surface area contributed by atoms with E-state index in [0.717, 1.165) is 12.1 Å². The van der Waals surface area contributed by atoms with Crippen molar-refractivity contribution in [3.8, 4) is 17.9 Å². The fraction of sp³-hybridized carbons (Fsp3) is 0. The molecule has 1 aromatic carbocycles. The van der Waals surface area contributed by atoms with Crippen LogP contribution in [0, 0.1) is 39.5 Å². The van der Waals surface area contributed by atoms with E-state index in [-0.39, 0.29) is 5.46 Å². The van der Waals surface area contributed by atoms with Crippen LogP contribution in [0.15, 0.2) is 24.3 Å². The van der Waals surface area contributed by atoms with Gasteiger partial charge >= 0.3 is 6.15 Å². The van der Waals surface area contributed by atoms with E-state index in [1.807, 2.05) is 0 Å². The van der Waals surface area contributed by atoms with Crippen LogP contribution < -0.4 is 5.46 Å². The van der Waals surface area contributed by atoms with Crippen molar-refractivity contribution in [2.45, 2.75) is 0 Å². The Morgan fingerprint density at radius 3 is 1.71 bits per heavy atom. The Morgan fingerprint density at radius 1 is 0.929 bits per heavy atom. The van der Waals surface area contributed by atoms with Gasteiger partial charge in [-0.1, -0.05) is 12.1 Å². The summed E-state index contributed by atoms with van der Waals surface area (Å²) in [5.74, 6) is 4.54. The van der Waals surface area contributed by atoms with E-state index in [4.69, 9.17) is 15.8 Å². The van der Waals surface area contributed by atoms with Crippen LogP contribution in [0.1, 0.15) is 0 Å². The topological polar surface area (TPSA) is 71.4 Å². The first-order chi connectivity index (χ1) is 6.68. The number of halogens is 1. The zero-order chi connectivity index (χ0) is 10.6. The van der Waals surface area contributed by atoms with Crippen LogP contribution in [0.4, 0.5) is 4.39 Å². The van der Waals surface area contributed by atoms with Gasteiger partial charge in [0.05, 0.1) is 0 Å². The summed E-state index contributed by atoms with van der Waals surface area (Å²) in [7, 11) is 0. The number of hydrogen-bond acceptors (Lipinski definition) is 3. The van der Waals surface area contributed by atoms with Crippen molar-refractivity contribution in [1.29, 1.82) is 15.8 Å². The predicted molar refractivity (Wildman–Crippen MR) is 48.6 cm³/mol. The van der Waals surface area contributed by atoms with E-state index in [1.54, 1.807) is 17.9 Å². The highest BCUT2D eigenvalue weighted by Gasteiger charge is 2.26. The lowest BCUT2D eigenvalue weighted by atomic mass is 9.25. The van der Waals surface area contributed by atoms with Gasteiger partial charge in [-0.2, -0.15) is 5.46 Å². The van der Waals surface area contributed by atoms with Crippen molar-refractivity contribution in [2.24, 2.45) is 0 Å². The zero-order valence-electron chi connectivity index (χ0n) is 7.11. The molecular weight excluding hydrogens is 180 g/mol. The van der Waals surface area contributed by atoms with Crippen molar-refractivity contribution in [1.82, 2.24) is 0 Å². The van der Waals surface area contributed by atoms with Gasteiger partial charge in [0.1, 0.15) is 5.82 Å². The third-order valence-electron chi connectivity index (χ3n) is 1.95. The van der Waals surface area contributed by atoms with Crippen molar-refractivity contribution >= 4 is 11.6 Å². The molecule has 0 spiro atoms. The van der Waals surface area contributed by atoms with E-state index in [0.29, 0.717) is 0 Å². The van der Waals surface area contributed by atoms with E-state index in [1.165, 1.54) is 12.1 Å². The fourth-order valence-corrected chi connectivity index (χ4v) is 1.06. The van der Waals surface area contributed by atoms with Crippen LogP contribution >= 0.6 is 0 Å². The molecule has 0 unspecified atom stereocenters. The maximum atomic E-state index is 12.5. The highest BCUT2D eigenvalue weighted by atomic mass is 19.1. The molecule has 0 aliphatic carbocycles. The Kier molecular flexibility index (Phi) is 2.51. The van der Waals surface area contributed by atoms with Crippen LogP contribution in [0.5, 0.6) is 0 Å². The molecule has 1 aromatic rings. The molecule has 66 valence electrons. The summed E-state index contributed by atoms with van der Waals surface area (Å²) in [6.07, 6.45) is -2.53. The van der Waals surface area contributed by atoms with Gasteiger partial charge < -0.3 is 0 Å². The lowest BCUT2D eigenvalue weighted by molar-refractivity contribution is 0.628. The quantitative estimate of drug-likeness (QED) is 0.602. The first-order valence-corrected chi connectivity index (χ1v) is 3.84. The maximum Gasteiger partial charge on any atom is 0.322 e. The molecule has 3 nitrogen and oxygen atoms in total. The standard InChI is InChI=1S/C9H4BFN3/c11-9-3-1-8(2-4-9)10(5-12,6-13)7-14/h1-4H/q-1. The minimum atomic E-state index is -2.53. The molecule has 0 amide bonds. The van der Waals surface area contributed by atoms with Gasteiger partial charge in [0, 0.05) is 0 Å². The molecule has 0 saturated heterocycles. The minimum Gasteiger partial charge on any atom is -0.246 e. The Morgan fingerprint density at radius 2 is 1.36 bits per heavy atom. The van der Waals surface area contributed by atoms with Gasteiger partial charge in [-0.3, -0.25) is 0 Å². The normalized spacial score (nSPS) is 9.57. The van der Waals surface area contributed by atoms with Gasteiger partial charge in [-0.05, 0) is 12.1 Å². The SMILES string of the molecule is N#C[B-](C#N)(C#N)c1ccc(F)cc1. The van der Waals surface area contributed by atoms with Crippen LogP contribution in [0.3, 0.4) is 0 Å². The Bertz CT molecular complexity index is 425. The highest BCUT2D eigenvalue weighted by Crippen LogP contribution is 2.01. The molecule has 0 aliphatic heterocycles. The molecule has 14 heavy (non-hydrogen) atoms. The van der Waals surface area contributed by atoms with E-state index in [2.05, 4.69) is 0 Å². The summed E-state index contributed by atoms with van der Waals surface area (Å²) in [5.41, 5.74) is 0.249. The number of nitriles is 3. The maximum absolute atomic E-state index is 12.5. The number of hydrogen-bond donors (Lipinski definition) is 0. The van der Waals surface area contributed by atoms with Crippen LogP contribution in [-0.2, 0) is 0 Å². The summed E-state index contributed by atoms with van der Waals surface area (Å²) < 4.78 is 12.5. The summed E-state index contributed by atoms with van der Waals surface area (Å²) in [4.78, 5) is 0. The summed E-state index contributed by atoms with van der Waals surface area (Å²) in [6, 6.07) is 4.81. The second-order valence-corrected chi connectivity index (χ2v) is 2.80. The lowest BCUT2D eigenvalue weighted by Gasteiger charge is -2.15. The van der Waals surface area contributed by atoms with Crippen LogP contribution in [0.2, 0.25) is 0 Å². The monoisotopic (exact) mass is 184 g/mol. The Hall–Kier alpha value is -2.32. The fourth-order valence-electron chi connectivity index (χ4n) is 1.06. The van der Waals surface area contributed by atoms with Crippen molar-refractivity contribution in [3.63, 3.8) is 0 Å². The molecule has 0 aromatic heterocycles. The summed E-state index contributed by atoms with van der Waals surface area (Å²) in [5, 5.41) is 26.2. The average Bonchev–Trinajstić information content (AvgIpc) is 2.24. The van der Waals surface area contributed by atoms with Gasteiger partial charge in [0.2, 0.25) is 0 Å². The molecule has 0 fully saturated rings. The van der Waals surface area contributed by atoms with Gasteiger partial charge in [0.15, 0.2) is 0 Å². The minimum absolute atomic E-state index is 0.249. The second kappa shape index (κ2) is 3.60. The Balaban J connectivity index is 3.31. The lowest BCUT2D eigenvalue weighted by Crippen LogP contribution is -2.44. The van der Waals surface area contributed by atoms with E-state index >= 15 is 0 Å². The third kappa shape index (κ3) is 1.42. The molecule has 0 aliphatic rings. The van der Waals surface area contributed by atoms with Gasteiger partial charge in [-0.25, -0.2) is 20.2 Å². The van der Waals surface area contributed by atoms with Crippen molar-refractivity contribution in [3.05, 3.63) is 30.1 Å². The average molecular weight is 184 g/mol. The first kappa shape index (κ1) is 9.77.